The second-order valence-corrected chi connectivity index (χ2v) is 11.2. The maximum absolute atomic E-state index is 14.0. The number of hydrogen-bond acceptors (Lipinski definition) is 11. The molecule has 0 aromatic heterocycles. The summed E-state index contributed by atoms with van der Waals surface area (Å²) in [4.78, 5) is 26.0. The molecule has 2 rings (SSSR count). The van der Waals surface area contributed by atoms with E-state index in [0.717, 1.165) is 12.0 Å². The maximum Gasteiger partial charge on any atom is 0.316 e. The minimum Gasteiger partial charge on any atom is -0.497 e. The second kappa shape index (κ2) is 23.6. The Kier molecular flexibility index (Phi) is 19.9. The number of rotatable bonds is 26. The SMILES string of the molecule is CCCNC(=O)COc1ccc(C(NC(=O)NC(COCCCN)(COCCCN)COCCCN)c2ccc(OC)cc2OC)cc1. The van der Waals surface area contributed by atoms with Crippen molar-refractivity contribution in [1.82, 2.24) is 16.0 Å². The average Bonchev–Trinajstić information content (AvgIpc) is 3.11. The molecule has 0 fully saturated rings. The Bertz CT molecular complexity index is 1160. The van der Waals surface area contributed by atoms with Crippen LogP contribution in [0.3, 0.4) is 0 Å². The van der Waals surface area contributed by atoms with Crippen molar-refractivity contribution in [3.8, 4) is 17.2 Å². The van der Waals surface area contributed by atoms with Gasteiger partial charge in [0.05, 0.1) is 40.1 Å². The highest BCUT2D eigenvalue weighted by molar-refractivity contribution is 5.77. The molecule has 1 unspecified atom stereocenters. The van der Waals surface area contributed by atoms with Gasteiger partial charge < -0.3 is 61.6 Å². The average molecular weight is 677 g/mol. The lowest BCUT2D eigenvalue weighted by Crippen LogP contribution is -2.61. The fraction of sp³-hybridized carbons (Fsp3) is 0.588. The van der Waals surface area contributed by atoms with Crippen LogP contribution < -0.4 is 47.4 Å². The molecule has 0 saturated carbocycles. The van der Waals surface area contributed by atoms with Crippen LogP contribution in [-0.4, -0.2) is 104 Å². The molecule has 0 saturated heterocycles. The van der Waals surface area contributed by atoms with Crippen molar-refractivity contribution in [3.63, 3.8) is 0 Å². The Labute approximate surface area is 284 Å². The summed E-state index contributed by atoms with van der Waals surface area (Å²) in [5, 5.41) is 9.00. The minimum absolute atomic E-state index is 0.105. The van der Waals surface area contributed by atoms with Crippen LogP contribution in [0.1, 0.15) is 49.8 Å². The van der Waals surface area contributed by atoms with Gasteiger partial charge in [-0.25, -0.2) is 4.79 Å². The predicted molar refractivity (Wildman–Crippen MR) is 184 cm³/mol. The fourth-order valence-electron chi connectivity index (χ4n) is 4.62. The van der Waals surface area contributed by atoms with E-state index in [1.165, 1.54) is 0 Å². The van der Waals surface area contributed by atoms with E-state index in [1.807, 2.05) is 25.1 Å². The zero-order valence-corrected chi connectivity index (χ0v) is 28.7. The van der Waals surface area contributed by atoms with Crippen LogP contribution >= 0.6 is 0 Å². The Morgan fingerprint density at radius 2 is 1.35 bits per heavy atom. The third-order valence-corrected chi connectivity index (χ3v) is 7.17. The number of nitrogens with two attached hydrogens (primary N) is 3. The van der Waals surface area contributed by atoms with Gasteiger partial charge in [-0.2, -0.15) is 0 Å². The van der Waals surface area contributed by atoms with Crippen molar-refractivity contribution in [2.24, 2.45) is 17.2 Å². The molecule has 9 N–H and O–H groups in total. The lowest BCUT2D eigenvalue weighted by atomic mass is 9.97. The first-order valence-electron chi connectivity index (χ1n) is 16.5. The van der Waals surface area contributed by atoms with Crippen LogP contribution in [0.5, 0.6) is 17.2 Å². The van der Waals surface area contributed by atoms with Gasteiger partial charge in [-0.3, -0.25) is 4.79 Å². The van der Waals surface area contributed by atoms with Crippen molar-refractivity contribution in [3.05, 3.63) is 53.6 Å². The topological polar surface area (TPSA) is 204 Å². The molecule has 270 valence electrons. The molecule has 3 amide bonds. The molecule has 0 aliphatic carbocycles. The number of amides is 3. The van der Waals surface area contributed by atoms with E-state index in [9.17, 15) is 9.59 Å². The molecule has 2 aromatic carbocycles. The Hall–Kier alpha value is -3.66. The van der Waals surface area contributed by atoms with E-state index in [1.54, 1.807) is 38.5 Å². The summed E-state index contributed by atoms with van der Waals surface area (Å²) in [6, 6.07) is 11.4. The Morgan fingerprint density at radius 3 is 1.85 bits per heavy atom. The minimum atomic E-state index is -1.04. The first-order chi connectivity index (χ1) is 23.3. The molecule has 1 atom stereocenters. The van der Waals surface area contributed by atoms with Crippen molar-refractivity contribution in [2.75, 3.05) is 86.6 Å². The van der Waals surface area contributed by atoms with Crippen molar-refractivity contribution in [1.29, 1.82) is 0 Å². The van der Waals surface area contributed by atoms with E-state index >= 15 is 0 Å². The molecule has 14 nitrogen and oxygen atoms in total. The Morgan fingerprint density at radius 1 is 0.792 bits per heavy atom. The van der Waals surface area contributed by atoms with Gasteiger partial charge in [0.15, 0.2) is 6.61 Å². The largest absolute Gasteiger partial charge is 0.497 e. The number of ether oxygens (including phenoxy) is 6. The molecule has 0 spiro atoms. The van der Waals surface area contributed by atoms with Gasteiger partial charge in [-0.15, -0.1) is 0 Å². The number of carbonyl (C=O) groups is 2. The van der Waals surface area contributed by atoms with Gasteiger partial charge >= 0.3 is 6.03 Å². The summed E-state index contributed by atoms with van der Waals surface area (Å²) < 4.78 is 34.7. The maximum atomic E-state index is 14.0. The first-order valence-corrected chi connectivity index (χ1v) is 16.5. The third kappa shape index (κ3) is 14.6. The molecule has 0 radical (unpaired) electrons. The van der Waals surface area contributed by atoms with Crippen molar-refractivity contribution in [2.45, 2.75) is 44.2 Å². The lowest BCUT2D eigenvalue weighted by Gasteiger charge is -2.35. The molecule has 48 heavy (non-hydrogen) atoms. The summed E-state index contributed by atoms with van der Waals surface area (Å²) in [6.45, 7) is 5.49. The quantitative estimate of drug-likeness (QED) is 0.0794. The molecule has 14 heteroatoms. The molecule has 0 heterocycles. The van der Waals surface area contributed by atoms with Gasteiger partial charge in [0.1, 0.15) is 22.8 Å². The van der Waals surface area contributed by atoms with Crippen LogP contribution in [0.2, 0.25) is 0 Å². The van der Waals surface area contributed by atoms with E-state index in [2.05, 4.69) is 16.0 Å². The number of methoxy groups -OCH3 is 2. The first kappa shape index (κ1) is 40.5. The number of carbonyl (C=O) groups excluding carboxylic acids is 2. The van der Waals surface area contributed by atoms with Gasteiger partial charge in [-0.05, 0) is 75.1 Å². The number of urea groups is 1. The molecular formula is C34H56N6O8. The highest BCUT2D eigenvalue weighted by atomic mass is 16.5. The van der Waals surface area contributed by atoms with E-state index in [4.69, 9.17) is 45.6 Å². The third-order valence-electron chi connectivity index (χ3n) is 7.17. The van der Waals surface area contributed by atoms with Gasteiger partial charge in [0.2, 0.25) is 0 Å². The summed E-state index contributed by atoms with van der Waals surface area (Å²) in [5.74, 6) is 1.42. The highest BCUT2D eigenvalue weighted by Crippen LogP contribution is 2.34. The van der Waals surface area contributed by atoms with Crippen LogP contribution in [0.15, 0.2) is 42.5 Å². The Balaban J connectivity index is 2.40. The fourth-order valence-corrected chi connectivity index (χ4v) is 4.62. The highest BCUT2D eigenvalue weighted by Gasteiger charge is 2.35. The molecular weight excluding hydrogens is 620 g/mol. The summed E-state index contributed by atoms with van der Waals surface area (Å²) in [7, 11) is 3.12. The predicted octanol–water partition coefficient (Wildman–Crippen LogP) is 1.83. The smallest absolute Gasteiger partial charge is 0.316 e. The van der Waals surface area contributed by atoms with Crippen LogP contribution in [0, 0.1) is 0 Å². The zero-order valence-electron chi connectivity index (χ0n) is 28.7. The normalized spacial score (nSPS) is 11.9. The number of benzene rings is 2. The standard InChI is InChI=1S/C34H56N6O8/c1-4-17-38-31(41)22-48-27-10-8-26(9-11-27)32(29-13-12-28(43-2)21-30(29)44-3)39-33(42)40-34(23-45-18-5-14-35,24-46-19-6-15-36)25-47-20-7-16-37/h8-13,21,32H,4-7,14-20,22-25,35-37H2,1-3H3,(H,38,41)(H2,39,40,42). The van der Waals surface area contributed by atoms with Crippen LogP contribution in [-0.2, 0) is 19.0 Å². The summed E-state index contributed by atoms with van der Waals surface area (Å²) >= 11 is 0. The van der Waals surface area contributed by atoms with Crippen molar-refractivity contribution < 1.29 is 38.0 Å². The van der Waals surface area contributed by atoms with Gasteiger partial charge in [0.25, 0.3) is 5.91 Å². The summed E-state index contributed by atoms with van der Waals surface area (Å²) in [5.41, 5.74) is 17.4. The van der Waals surface area contributed by atoms with E-state index in [-0.39, 0.29) is 32.3 Å². The van der Waals surface area contributed by atoms with E-state index in [0.29, 0.717) is 88.1 Å². The molecule has 0 bridgehead atoms. The monoisotopic (exact) mass is 676 g/mol. The van der Waals surface area contributed by atoms with Gasteiger partial charge in [0, 0.05) is 38.0 Å². The van der Waals surface area contributed by atoms with Crippen molar-refractivity contribution >= 4 is 11.9 Å². The van der Waals surface area contributed by atoms with E-state index < -0.39 is 17.6 Å². The summed E-state index contributed by atoms with van der Waals surface area (Å²) in [6.07, 6.45) is 2.81. The number of hydrogen-bond donors (Lipinski definition) is 6. The van der Waals surface area contributed by atoms with Crippen LogP contribution in [0.4, 0.5) is 4.79 Å². The van der Waals surface area contributed by atoms with Gasteiger partial charge in [-0.1, -0.05) is 19.1 Å². The van der Waals surface area contributed by atoms with Crippen LogP contribution in [0.25, 0.3) is 0 Å². The lowest BCUT2D eigenvalue weighted by molar-refractivity contribution is -0.123. The molecule has 0 aliphatic heterocycles. The molecule has 0 aliphatic rings. The second-order valence-electron chi connectivity index (χ2n) is 11.2. The number of nitrogens with one attached hydrogen (secondary N) is 3. The molecule has 2 aromatic rings. The zero-order chi connectivity index (χ0) is 35.0.